The van der Waals surface area contributed by atoms with Gasteiger partial charge in [0.25, 0.3) is 0 Å². The molecule has 1 unspecified atom stereocenters. The Morgan fingerprint density at radius 1 is 1.69 bits per heavy atom. The highest BCUT2D eigenvalue weighted by molar-refractivity contribution is 5.80. The summed E-state index contributed by atoms with van der Waals surface area (Å²) in [7, 11) is 0. The molecule has 1 aliphatic carbocycles. The van der Waals surface area contributed by atoms with Gasteiger partial charge >= 0.3 is 0 Å². The fourth-order valence-corrected chi connectivity index (χ4v) is 0.965. The van der Waals surface area contributed by atoms with Crippen molar-refractivity contribution in [2.75, 3.05) is 13.2 Å². The second kappa shape index (κ2) is 5.19. The van der Waals surface area contributed by atoms with Gasteiger partial charge in [0.05, 0.1) is 0 Å². The van der Waals surface area contributed by atoms with Crippen LogP contribution in [-0.4, -0.2) is 31.2 Å². The summed E-state index contributed by atoms with van der Waals surface area (Å²) >= 11 is 0. The molecule has 4 nitrogen and oxygen atoms in total. The van der Waals surface area contributed by atoms with Crippen molar-refractivity contribution in [3.05, 3.63) is 0 Å². The molecule has 0 spiro atoms. The molecule has 3 N–H and O–H groups in total. The number of hydrogen-bond donors (Lipinski definition) is 2. The number of carbonyl (C=O) groups excluding carboxylic acids is 1. The quantitative estimate of drug-likeness (QED) is 0.575. The Balaban J connectivity index is 2.05. The summed E-state index contributed by atoms with van der Waals surface area (Å²) in [6.07, 6.45) is 2.69. The highest BCUT2D eigenvalue weighted by Gasteiger charge is 2.25. The lowest BCUT2D eigenvalue weighted by Crippen LogP contribution is -2.36. The first-order valence-corrected chi connectivity index (χ1v) is 4.86. The van der Waals surface area contributed by atoms with Crippen LogP contribution in [0.2, 0.25) is 0 Å². The Morgan fingerprint density at radius 2 is 2.38 bits per heavy atom. The van der Waals surface area contributed by atoms with Gasteiger partial charge in [0, 0.05) is 12.6 Å². The smallest absolute Gasteiger partial charge is 0.249 e. The van der Waals surface area contributed by atoms with Crippen LogP contribution in [0.1, 0.15) is 26.2 Å². The third kappa shape index (κ3) is 4.24. The highest BCUT2D eigenvalue weighted by atomic mass is 16.5. The number of nitrogens with one attached hydrogen (secondary N) is 1. The van der Waals surface area contributed by atoms with E-state index in [0.717, 1.165) is 19.3 Å². The minimum absolute atomic E-state index is 0.000443. The van der Waals surface area contributed by atoms with Crippen molar-refractivity contribution < 1.29 is 9.53 Å². The summed E-state index contributed by atoms with van der Waals surface area (Å²) < 4.78 is 5.28. The Labute approximate surface area is 78.8 Å². The van der Waals surface area contributed by atoms with E-state index >= 15 is 0 Å². The maximum atomic E-state index is 11.3. The maximum Gasteiger partial charge on any atom is 0.249 e. The zero-order valence-corrected chi connectivity index (χ0v) is 8.08. The minimum atomic E-state index is -0.341. The van der Waals surface area contributed by atoms with Gasteiger partial charge in [0.2, 0.25) is 5.91 Å². The fourth-order valence-electron chi connectivity index (χ4n) is 0.965. The standard InChI is InChI=1S/C9H18N2O2/c1-7(13-6-2-5-10)9(12)11-8-3-4-8/h7-8H,2-6,10H2,1H3,(H,11,12). The molecule has 0 bridgehead atoms. The number of rotatable bonds is 6. The first-order chi connectivity index (χ1) is 6.24. The van der Waals surface area contributed by atoms with Crippen LogP contribution in [0.15, 0.2) is 0 Å². The van der Waals surface area contributed by atoms with E-state index in [1.54, 1.807) is 6.92 Å². The third-order valence-electron chi connectivity index (χ3n) is 2.01. The molecule has 0 aromatic heterocycles. The van der Waals surface area contributed by atoms with Gasteiger partial charge in [-0.1, -0.05) is 0 Å². The van der Waals surface area contributed by atoms with E-state index in [-0.39, 0.29) is 12.0 Å². The van der Waals surface area contributed by atoms with Crippen LogP contribution in [0.4, 0.5) is 0 Å². The number of carbonyl (C=O) groups is 1. The average Bonchev–Trinajstić information content (AvgIpc) is 2.88. The summed E-state index contributed by atoms with van der Waals surface area (Å²) in [5.74, 6) is -0.000443. The summed E-state index contributed by atoms with van der Waals surface area (Å²) in [5.41, 5.74) is 5.30. The van der Waals surface area contributed by atoms with Gasteiger partial charge in [-0.3, -0.25) is 4.79 Å². The van der Waals surface area contributed by atoms with E-state index in [1.165, 1.54) is 0 Å². The van der Waals surface area contributed by atoms with E-state index in [0.29, 0.717) is 19.2 Å². The van der Waals surface area contributed by atoms with E-state index in [4.69, 9.17) is 10.5 Å². The van der Waals surface area contributed by atoms with Crippen LogP contribution in [0.25, 0.3) is 0 Å². The molecule has 1 rings (SSSR count). The van der Waals surface area contributed by atoms with Gasteiger partial charge < -0.3 is 15.8 Å². The summed E-state index contributed by atoms with van der Waals surface area (Å²) in [4.78, 5) is 11.3. The average molecular weight is 186 g/mol. The third-order valence-corrected chi connectivity index (χ3v) is 2.01. The zero-order valence-electron chi connectivity index (χ0n) is 8.08. The van der Waals surface area contributed by atoms with Crippen molar-refractivity contribution in [3.8, 4) is 0 Å². The molecule has 0 radical (unpaired) electrons. The topological polar surface area (TPSA) is 64.3 Å². The minimum Gasteiger partial charge on any atom is -0.369 e. The Kier molecular flexibility index (Phi) is 4.18. The largest absolute Gasteiger partial charge is 0.369 e. The molecule has 0 aromatic carbocycles. The van der Waals surface area contributed by atoms with Crippen LogP contribution in [-0.2, 0) is 9.53 Å². The first kappa shape index (κ1) is 10.5. The second-order valence-corrected chi connectivity index (χ2v) is 3.44. The van der Waals surface area contributed by atoms with E-state index in [2.05, 4.69) is 5.32 Å². The van der Waals surface area contributed by atoms with E-state index in [9.17, 15) is 4.79 Å². The predicted octanol–water partition coefficient (Wildman–Crippen LogP) is 0.0189. The van der Waals surface area contributed by atoms with E-state index < -0.39 is 0 Å². The highest BCUT2D eigenvalue weighted by Crippen LogP contribution is 2.18. The number of nitrogens with two attached hydrogens (primary N) is 1. The molecule has 0 aliphatic heterocycles. The number of ether oxygens (including phenoxy) is 1. The molecule has 4 heteroatoms. The molecule has 1 saturated carbocycles. The number of hydrogen-bond acceptors (Lipinski definition) is 3. The summed E-state index contributed by atoms with van der Waals surface area (Å²) in [6, 6.07) is 0.410. The Bertz CT molecular complexity index is 169. The van der Waals surface area contributed by atoms with Crippen molar-refractivity contribution in [3.63, 3.8) is 0 Å². The number of amides is 1. The molecular weight excluding hydrogens is 168 g/mol. The van der Waals surface area contributed by atoms with Crippen LogP contribution in [0.5, 0.6) is 0 Å². The van der Waals surface area contributed by atoms with E-state index in [1.807, 2.05) is 0 Å². The summed E-state index contributed by atoms with van der Waals surface area (Å²) in [6.45, 7) is 2.95. The predicted molar refractivity (Wildman–Crippen MR) is 50.3 cm³/mol. The molecule has 1 atom stereocenters. The first-order valence-electron chi connectivity index (χ1n) is 4.86. The lowest BCUT2D eigenvalue weighted by Gasteiger charge is -2.12. The van der Waals surface area contributed by atoms with Gasteiger partial charge in [-0.2, -0.15) is 0 Å². The monoisotopic (exact) mass is 186 g/mol. The maximum absolute atomic E-state index is 11.3. The lowest BCUT2D eigenvalue weighted by atomic mass is 10.3. The Morgan fingerprint density at radius 3 is 2.92 bits per heavy atom. The molecule has 1 amide bonds. The second-order valence-electron chi connectivity index (χ2n) is 3.44. The van der Waals surface area contributed by atoms with Crippen LogP contribution in [0.3, 0.4) is 0 Å². The molecule has 1 aliphatic rings. The van der Waals surface area contributed by atoms with Crippen molar-refractivity contribution in [2.24, 2.45) is 5.73 Å². The van der Waals surface area contributed by atoms with Gasteiger partial charge in [0.1, 0.15) is 6.10 Å². The Hall–Kier alpha value is -0.610. The molecule has 1 fully saturated rings. The van der Waals surface area contributed by atoms with Crippen LogP contribution in [0, 0.1) is 0 Å². The molecule has 0 saturated heterocycles. The molecule has 76 valence electrons. The van der Waals surface area contributed by atoms with Gasteiger partial charge in [0.15, 0.2) is 0 Å². The molecule has 0 aromatic rings. The molecular formula is C9H18N2O2. The van der Waals surface area contributed by atoms with Crippen LogP contribution < -0.4 is 11.1 Å². The van der Waals surface area contributed by atoms with Gasteiger partial charge in [-0.25, -0.2) is 0 Å². The van der Waals surface area contributed by atoms with Crippen molar-refractivity contribution in [2.45, 2.75) is 38.3 Å². The normalized spacial score (nSPS) is 18.3. The fraction of sp³-hybridized carbons (Fsp3) is 0.889. The lowest BCUT2D eigenvalue weighted by molar-refractivity contribution is -0.131. The van der Waals surface area contributed by atoms with Crippen molar-refractivity contribution in [1.82, 2.24) is 5.32 Å². The van der Waals surface area contributed by atoms with Gasteiger partial charge in [-0.15, -0.1) is 0 Å². The molecule has 0 heterocycles. The SMILES string of the molecule is CC(OCCCN)C(=O)NC1CC1. The molecule has 13 heavy (non-hydrogen) atoms. The van der Waals surface area contributed by atoms with Gasteiger partial charge in [-0.05, 0) is 32.7 Å². The van der Waals surface area contributed by atoms with Crippen molar-refractivity contribution >= 4 is 5.91 Å². The zero-order chi connectivity index (χ0) is 9.68. The summed E-state index contributed by atoms with van der Waals surface area (Å²) in [5, 5.41) is 2.89. The van der Waals surface area contributed by atoms with Crippen molar-refractivity contribution in [1.29, 1.82) is 0 Å². The van der Waals surface area contributed by atoms with Crippen LogP contribution >= 0.6 is 0 Å².